The number of aryl methyl sites for hydroxylation is 1. The molecule has 0 amide bonds. The van der Waals surface area contributed by atoms with E-state index in [2.05, 4.69) is 31.2 Å². The lowest BCUT2D eigenvalue weighted by atomic mass is 10.1. The minimum Gasteiger partial charge on any atom is -0.383 e. The Kier molecular flexibility index (Phi) is 5.64. The SMILES string of the molecule is COCCn1c(SCc2nc(N)nc(N)n2)nnc1-c1cccc(C)c1. The molecule has 0 saturated heterocycles. The Hall–Kier alpha value is -2.72. The highest BCUT2D eigenvalue weighted by molar-refractivity contribution is 7.98. The standard InChI is InChI=1S/C16H20N8OS/c1-10-4-3-5-11(8-10)13-22-23-16(24(13)6-7-25-2)26-9-12-19-14(17)21-15(18)20-12/h3-5,8H,6-7,9H2,1-2H3,(H4,17,18,19,20,21). The Morgan fingerprint density at radius 1 is 1.12 bits per heavy atom. The summed E-state index contributed by atoms with van der Waals surface area (Å²) in [7, 11) is 1.67. The monoisotopic (exact) mass is 372 g/mol. The van der Waals surface area contributed by atoms with Crippen molar-refractivity contribution in [3.63, 3.8) is 0 Å². The third-order valence-corrected chi connectivity index (χ3v) is 4.52. The first-order chi connectivity index (χ1) is 12.6. The molecule has 3 aromatic rings. The van der Waals surface area contributed by atoms with Crippen LogP contribution < -0.4 is 11.5 Å². The molecule has 0 aliphatic rings. The zero-order valence-electron chi connectivity index (χ0n) is 14.6. The van der Waals surface area contributed by atoms with E-state index in [9.17, 15) is 0 Å². The molecule has 0 bridgehead atoms. The molecule has 0 aliphatic heterocycles. The van der Waals surface area contributed by atoms with E-state index in [0.29, 0.717) is 24.7 Å². The van der Waals surface area contributed by atoms with Gasteiger partial charge in [0.25, 0.3) is 0 Å². The van der Waals surface area contributed by atoms with Gasteiger partial charge in [0.1, 0.15) is 5.82 Å². The zero-order valence-corrected chi connectivity index (χ0v) is 15.4. The van der Waals surface area contributed by atoms with Crippen LogP contribution >= 0.6 is 11.8 Å². The van der Waals surface area contributed by atoms with Crippen molar-refractivity contribution in [1.82, 2.24) is 29.7 Å². The van der Waals surface area contributed by atoms with Crippen LogP contribution in [-0.2, 0) is 17.0 Å². The summed E-state index contributed by atoms with van der Waals surface area (Å²) in [4.78, 5) is 12.0. The second-order valence-electron chi connectivity index (χ2n) is 5.58. The molecule has 1 aromatic carbocycles. The predicted molar refractivity (Wildman–Crippen MR) is 100 cm³/mol. The Balaban J connectivity index is 1.86. The fraction of sp³-hybridized carbons (Fsp3) is 0.312. The second-order valence-corrected chi connectivity index (χ2v) is 6.52. The molecule has 3 rings (SSSR count). The Morgan fingerprint density at radius 3 is 2.58 bits per heavy atom. The summed E-state index contributed by atoms with van der Waals surface area (Å²) < 4.78 is 7.25. The summed E-state index contributed by atoms with van der Waals surface area (Å²) in [6.07, 6.45) is 0. The molecule has 9 nitrogen and oxygen atoms in total. The maximum Gasteiger partial charge on any atom is 0.225 e. The van der Waals surface area contributed by atoms with Crippen LogP contribution in [-0.4, -0.2) is 43.4 Å². The van der Waals surface area contributed by atoms with Crippen molar-refractivity contribution in [2.75, 3.05) is 25.2 Å². The lowest BCUT2D eigenvalue weighted by Crippen LogP contribution is -2.08. The lowest BCUT2D eigenvalue weighted by Gasteiger charge is -2.10. The largest absolute Gasteiger partial charge is 0.383 e. The van der Waals surface area contributed by atoms with E-state index < -0.39 is 0 Å². The number of ether oxygens (including phenoxy) is 1. The molecule has 0 radical (unpaired) electrons. The van der Waals surface area contributed by atoms with E-state index >= 15 is 0 Å². The average Bonchev–Trinajstić information content (AvgIpc) is 3.00. The molecule has 4 N–H and O–H groups in total. The molecule has 26 heavy (non-hydrogen) atoms. The van der Waals surface area contributed by atoms with Gasteiger partial charge >= 0.3 is 0 Å². The highest BCUT2D eigenvalue weighted by atomic mass is 32.2. The van der Waals surface area contributed by atoms with Crippen LogP contribution in [0.2, 0.25) is 0 Å². The van der Waals surface area contributed by atoms with Crippen molar-refractivity contribution >= 4 is 23.7 Å². The maximum atomic E-state index is 5.62. The van der Waals surface area contributed by atoms with Gasteiger partial charge in [0.15, 0.2) is 11.0 Å². The van der Waals surface area contributed by atoms with Crippen molar-refractivity contribution in [1.29, 1.82) is 0 Å². The summed E-state index contributed by atoms with van der Waals surface area (Å²) in [5.41, 5.74) is 13.4. The number of anilines is 2. The first-order valence-electron chi connectivity index (χ1n) is 7.94. The molecule has 10 heteroatoms. The van der Waals surface area contributed by atoms with Gasteiger partial charge in [-0.3, -0.25) is 4.57 Å². The summed E-state index contributed by atoms with van der Waals surface area (Å²) >= 11 is 1.46. The molecule has 0 saturated carbocycles. The van der Waals surface area contributed by atoms with Gasteiger partial charge < -0.3 is 16.2 Å². The lowest BCUT2D eigenvalue weighted by molar-refractivity contribution is 0.185. The zero-order chi connectivity index (χ0) is 18.5. The minimum atomic E-state index is 0.106. The van der Waals surface area contributed by atoms with Crippen molar-refractivity contribution < 1.29 is 4.74 Å². The van der Waals surface area contributed by atoms with Crippen LogP contribution in [0.15, 0.2) is 29.4 Å². The van der Waals surface area contributed by atoms with Crippen molar-refractivity contribution in [3.8, 4) is 11.4 Å². The van der Waals surface area contributed by atoms with E-state index in [1.807, 2.05) is 29.7 Å². The van der Waals surface area contributed by atoms with Crippen LogP contribution in [0, 0.1) is 6.92 Å². The normalized spacial score (nSPS) is 11.0. The smallest absolute Gasteiger partial charge is 0.225 e. The van der Waals surface area contributed by atoms with E-state index in [4.69, 9.17) is 16.2 Å². The number of nitrogens with zero attached hydrogens (tertiary/aromatic N) is 6. The number of benzene rings is 1. The number of nitrogens with two attached hydrogens (primary N) is 2. The van der Waals surface area contributed by atoms with Gasteiger partial charge in [-0.05, 0) is 13.0 Å². The molecular weight excluding hydrogens is 352 g/mol. The topological polar surface area (TPSA) is 131 Å². The number of methoxy groups -OCH3 is 1. The van der Waals surface area contributed by atoms with Crippen LogP contribution in [0.25, 0.3) is 11.4 Å². The third-order valence-electron chi connectivity index (χ3n) is 3.56. The van der Waals surface area contributed by atoms with Gasteiger partial charge in [-0.1, -0.05) is 35.5 Å². The molecule has 0 atom stereocenters. The van der Waals surface area contributed by atoms with Crippen LogP contribution in [0.1, 0.15) is 11.4 Å². The van der Waals surface area contributed by atoms with Gasteiger partial charge in [-0.25, -0.2) is 0 Å². The summed E-state index contributed by atoms with van der Waals surface area (Å²) in [5, 5.41) is 9.43. The van der Waals surface area contributed by atoms with Gasteiger partial charge in [0.05, 0.1) is 18.9 Å². The number of hydrogen-bond donors (Lipinski definition) is 2. The van der Waals surface area contributed by atoms with E-state index in [0.717, 1.165) is 22.1 Å². The van der Waals surface area contributed by atoms with Gasteiger partial charge in [-0.15, -0.1) is 10.2 Å². The van der Waals surface area contributed by atoms with Crippen LogP contribution in [0.5, 0.6) is 0 Å². The summed E-state index contributed by atoms with van der Waals surface area (Å²) in [6, 6.07) is 8.14. The van der Waals surface area contributed by atoms with E-state index in [1.165, 1.54) is 11.8 Å². The van der Waals surface area contributed by atoms with Gasteiger partial charge in [0.2, 0.25) is 11.9 Å². The fourth-order valence-electron chi connectivity index (χ4n) is 2.43. The predicted octanol–water partition coefficient (Wildman–Crippen LogP) is 1.54. The molecule has 0 aliphatic carbocycles. The molecule has 0 fully saturated rings. The fourth-order valence-corrected chi connectivity index (χ4v) is 3.25. The molecule has 0 spiro atoms. The highest BCUT2D eigenvalue weighted by Gasteiger charge is 2.15. The minimum absolute atomic E-state index is 0.106. The number of aromatic nitrogens is 6. The van der Waals surface area contributed by atoms with Gasteiger partial charge in [-0.2, -0.15) is 15.0 Å². The molecular formula is C16H20N8OS. The average molecular weight is 372 g/mol. The third kappa shape index (κ3) is 4.27. The molecule has 136 valence electrons. The van der Waals surface area contributed by atoms with Gasteiger partial charge in [0, 0.05) is 12.7 Å². The first kappa shape index (κ1) is 18.1. The van der Waals surface area contributed by atoms with Crippen molar-refractivity contribution in [2.24, 2.45) is 0 Å². The quantitative estimate of drug-likeness (QED) is 0.593. The number of nitrogen functional groups attached to an aromatic ring is 2. The van der Waals surface area contributed by atoms with Crippen LogP contribution in [0.4, 0.5) is 11.9 Å². The number of hydrogen-bond acceptors (Lipinski definition) is 9. The Bertz CT molecular complexity index is 877. The van der Waals surface area contributed by atoms with Crippen molar-refractivity contribution in [3.05, 3.63) is 35.7 Å². The molecule has 0 unspecified atom stereocenters. The number of rotatable bonds is 7. The maximum absolute atomic E-state index is 5.62. The Labute approximate surface area is 155 Å². The molecule has 2 heterocycles. The summed E-state index contributed by atoms with van der Waals surface area (Å²) in [5.74, 6) is 1.96. The highest BCUT2D eigenvalue weighted by Crippen LogP contribution is 2.26. The second kappa shape index (κ2) is 8.11. The molecule has 2 aromatic heterocycles. The first-order valence-corrected chi connectivity index (χ1v) is 8.93. The Morgan fingerprint density at radius 2 is 1.88 bits per heavy atom. The summed E-state index contributed by atoms with van der Waals surface area (Å²) in [6.45, 7) is 3.23. The van der Waals surface area contributed by atoms with E-state index in [1.54, 1.807) is 7.11 Å². The van der Waals surface area contributed by atoms with Crippen molar-refractivity contribution in [2.45, 2.75) is 24.4 Å². The number of thioether (sulfide) groups is 1. The van der Waals surface area contributed by atoms with E-state index in [-0.39, 0.29) is 11.9 Å². The van der Waals surface area contributed by atoms with Crippen LogP contribution in [0.3, 0.4) is 0 Å².